The van der Waals surface area contributed by atoms with Crippen LogP contribution in [0.15, 0.2) is 24.3 Å². The van der Waals surface area contributed by atoms with Crippen molar-refractivity contribution in [3.63, 3.8) is 0 Å². The minimum atomic E-state index is -3.12. The number of rotatable bonds is 7. The molecule has 1 aliphatic carbocycles. The van der Waals surface area contributed by atoms with Crippen LogP contribution in [0.5, 0.6) is 0 Å². The molecule has 0 spiro atoms. The molecule has 2 rings (SSSR count). The zero-order valence-electron chi connectivity index (χ0n) is 14.1. The Kier molecular flexibility index (Phi) is 8.73. The lowest BCUT2D eigenvalue weighted by atomic mass is 10.0. The van der Waals surface area contributed by atoms with Gasteiger partial charge in [0.1, 0.15) is 0 Å². The standard InChI is InChI=1S/C17H26N2O3S.ClH/c1-18-11-10-17(20)19-15-7-5-6-14(12-15)13-23(21,22)16-8-3-2-4-9-16;/h5-7,12,16,18H,2-4,8-11,13H2,1H3,(H,19,20);1H. The Hall–Kier alpha value is -1.11. The Morgan fingerprint density at radius 2 is 1.92 bits per heavy atom. The van der Waals surface area contributed by atoms with Crippen LogP contribution in [0.4, 0.5) is 5.69 Å². The van der Waals surface area contributed by atoms with E-state index in [9.17, 15) is 13.2 Å². The summed E-state index contributed by atoms with van der Waals surface area (Å²) < 4.78 is 25.1. The molecule has 7 heteroatoms. The maximum absolute atomic E-state index is 12.5. The van der Waals surface area contributed by atoms with Crippen molar-refractivity contribution in [3.8, 4) is 0 Å². The van der Waals surface area contributed by atoms with Crippen LogP contribution >= 0.6 is 12.4 Å². The largest absolute Gasteiger partial charge is 0.326 e. The van der Waals surface area contributed by atoms with E-state index in [1.807, 2.05) is 6.07 Å². The highest BCUT2D eigenvalue weighted by atomic mass is 35.5. The average Bonchev–Trinajstić information content (AvgIpc) is 2.53. The van der Waals surface area contributed by atoms with Gasteiger partial charge < -0.3 is 10.6 Å². The number of nitrogens with one attached hydrogen (secondary N) is 2. The van der Waals surface area contributed by atoms with Crippen LogP contribution in [-0.2, 0) is 20.4 Å². The van der Waals surface area contributed by atoms with Gasteiger partial charge in [-0.05, 0) is 37.6 Å². The first-order chi connectivity index (χ1) is 11.0. The summed E-state index contributed by atoms with van der Waals surface area (Å²) in [5.74, 6) is -0.0237. The van der Waals surface area contributed by atoms with E-state index in [0.29, 0.717) is 18.7 Å². The van der Waals surface area contributed by atoms with Gasteiger partial charge in [-0.2, -0.15) is 0 Å². The van der Waals surface area contributed by atoms with Crippen molar-refractivity contribution in [3.05, 3.63) is 29.8 Å². The average molecular weight is 375 g/mol. The normalized spacial score (nSPS) is 15.5. The third-order valence-corrected chi connectivity index (χ3v) is 6.46. The van der Waals surface area contributed by atoms with Gasteiger partial charge in [0.15, 0.2) is 9.84 Å². The summed E-state index contributed by atoms with van der Waals surface area (Å²) in [7, 11) is -1.32. The molecular formula is C17H27ClN2O3S. The fraction of sp³-hybridized carbons (Fsp3) is 0.588. The Morgan fingerprint density at radius 1 is 1.21 bits per heavy atom. The van der Waals surface area contributed by atoms with Crippen LogP contribution < -0.4 is 10.6 Å². The molecule has 1 amide bonds. The van der Waals surface area contributed by atoms with Crippen LogP contribution in [0.25, 0.3) is 0 Å². The van der Waals surface area contributed by atoms with Crippen LogP contribution in [0.1, 0.15) is 44.1 Å². The molecule has 1 fully saturated rings. The Morgan fingerprint density at radius 3 is 2.58 bits per heavy atom. The van der Waals surface area contributed by atoms with Crippen LogP contribution in [-0.4, -0.2) is 33.2 Å². The molecule has 1 aromatic carbocycles. The third kappa shape index (κ3) is 6.42. The third-order valence-electron chi connectivity index (χ3n) is 4.24. The molecule has 0 unspecified atom stereocenters. The lowest BCUT2D eigenvalue weighted by Crippen LogP contribution is -2.25. The van der Waals surface area contributed by atoms with Crippen molar-refractivity contribution in [2.75, 3.05) is 18.9 Å². The quantitative estimate of drug-likeness (QED) is 0.769. The smallest absolute Gasteiger partial charge is 0.225 e. The number of anilines is 1. The molecule has 136 valence electrons. The molecule has 0 bridgehead atoms. The molecule has 1 aromatic rings. The van der Waals surface area contributed by atoms with E-state index in [2.05, 4.69) is 10.6 Å². The van der Waals surface area contributed by atoms with Gasteiger partial charge >= 0.3 is 0 Å². The van der Waals surface area contributed by atoms with Gasteiger partial charge in [-0.1, -0.05) is 31.4 Å². The zero-order chi connectivity index (χ0) is 16.7. The van der Waals surface area contributed by atoms with Gasteiger partial charge in [-0.25, -0.2) is 8.42 Å². The van der Waals surface area contributed by atoms with Crippen LogP contribution in [0, 0.1) is 0 Å². The summed E-state index contributed by atoms with van der Waals surface area (Å²) in [4.78, 5) is 11.7. The molecule has 24 heavy (non-hydrogen) atoms. The minimum Gasteiger partial charge on any atom is -0.326 e. The highest BCUT2D eigenvalue weighted by Crippen LogP contribution is 2.26. The highest BCUT2D eigenvalue weighted by molar-refractivity contribution is 7.91. The van der Waals surface area contributed by atoms with Crippen molar-refractivity contribution in [1.82, 2.24) is 5.32 Å². The fourth-order valence-electron chi connectivity index (χ4n) is 2.98. The molecular weight excluding hydrogens is 348 g/mol. The highest BCUT2D eigenvalue weighted by Gasteiger charge is 2.27. The zero-order valence-corrected chi connectivity index (χ0v) is 15.7. The van der Waals surface area contributed by atoms with E-state index in [1.54, 1.807) is 25.2 Å². The molecule has 0 aliphatic heterocycles. The number of hydrogen-bond donors (Lipinski definition) is 2. The first-order valence-electron chi connectivity index (χ1n) is 8.26. The summed E-state index contributed by atoms with van der Waals surface area (Å²) in [5, 5.41) is 5.53. The summed E-state index contributed by atoms with van der Waals surface area (Å²) in [6, 6.07) is 7.15. The van der Waals surface area contributed by atoms with Gasteiger partial charge in [-0.3, -0.25) is 4.79 Å². The first-order valence-corrected chi connectivity index (χ1v) is 9.98. The Bertz CT molecular complexity index is 628. The second kappa shape index (κ2) is 10.0. The predicted octanol–water partition coefficient (Wildman–Crippen LogP) is 2.90. The van der Waals surface area contributed by atoms with E-state index < -0.39 is 9.84 Å². The molecule has 1 saturated carbocycles. The number of sulfone groups is 1. The fourth-order valence-corrected chi connectivity index (χ4v) is 4.91. The van der Waals surface area contributed by atoms with Crippen LogP contribution in [0.2, 0.25) is 0 Å². The van der Waals surface area contributed by atoms with Crippen molar-refractivity contribution in [1.29, 1.82) is 0 Å². The molecule has 0 atom stereocenters. The first kappa shape index (κ1) is 20.9. The Balaban J connectivity index is 0.00000288. The number of carbonyl (C=O) groups is 1. The van der Waals surface area contributed by atoms with E-state index in [-0.39, 0.29) is 29.3 Å². The number of hydrogen-bond acceptors (Lipinski definition) is 4. The van der Waals surface area contributed by atoms with E-state index in [0.717, 1.165) is 37.7 Å². The summed E-state index contributed by atoms with van der Waals surface area (Å²) in [6.07, 6.45) is 5.10. The molecule has 0 heterocycles. The van der Waals surface area contributed by atoms with Gasteiger partial charge in [0.05, 0.1) is 11.0 Å². The molecule has 5 nitrogen and oxygen atoms in total. The molecule has 2 N–H and O–H groups in total. The molecule has 1 aliphatic rings. The lowest BCUT2D eigenvalue weighted by Gasteiger charge is -2.21. The van der Waals surface area contributed by atoms with Crippen molar-refractivity contribution >= 4 is 33.8 Å². The molecule has 0 saturated heterocycles. The van der Waals surface area contributed by atoms with Crippen LogP contribution in [0.3, 0.4) is 0 Å². The van der Waals surface area contributed by atoms with Gasteiger partial charge in [0, 0.05) is 18.7 Å². The minimum absolute atomic E-state index is 0. The molecule has 0 radical (unpaired) electrons. The summed E-state index contributed by atoms with van der Waals surface area (Å²) in [5.41, 5.74) is 1.39. The number of halogens is 1. The Labute approximate surface area is 150 Å². The number of carbonyl (C=O) groups excluding carboxylic acids is 1. The van der Waals surface area contributed by atoms with E-state index in [4.69, 9.17) is 0 Å². The summed E-state index contributed by atoms with van der Waals surface area (Å²) >= 11 is 0. The SMILES string of the molecule is CNCCC(=O)Nc1cccc(CS(=O)(=O)C2CCCCC2)c1.Cl. The van der Waals surface area contributed by atoms with Crippen molar-refractivity contribution < 1.29 is 13.2 Å². The van der Waals surface area contributed by atoms with Gasteiger partial charge in [0.2, 0.25) is 5.91 Å². The predicted molar refractivity (Wildman–Crippen MR) is 100 cm³/mol. The van der Waals surface area contributed by atoms with Crippen molar-refractivity contribution in [2.24, 2.45) is 0 Å². The van der Waals surface area contributed by atoms with Crippen molar-refractivity contribution in [2.45, 2.75) is 49.5 Å². The number of amides is 1. The van der Waals surface area contributed by atoms with Gasteiger partial charge in [-0.15, -0.1) is 12.4 Å². The second-order valence-corrected chi connectivity index (χ2v) is 8.45. The lowest BCUT2D eigenvalue weighted by molar-refractivity contribution is -0.116. The maximum Gasteiger partial charge on any atom is 0.225 e. The van der Waals surface area contributed by atoms with E-state index in [1.165, 1.54) is 0 Å². The summed E-state index contributed by atoms with van der Waals surface area (Å²) in [6.45, 7) is 0.613. The maximum atomic E-state index is 12.5. The monoisotopic (exact) mass is 374 g/mol. The topological polar surface area (TPSA) is 75.3 Å². The number of benzene rings is 1. The molecule has 0 aromatic heterocycles. The van der Waals surface area contributed by atoms with Gasteiger partial charge in [0.25, 0.3) is 0 Å². The second-order valence-electron chi connectivity index (χ2n) is 6.17. The van der Waals surface area contributed by atoms with E-state index >= 15 is 0 Å².